The van der Waals surface area contributed by atoms with Crippen LogP contribution in [0.3, 0.4) is 0 Å². The van der Waals surface area contributed by atoms with E-state index in [1.165, 1.54) is 27.5 Å². The lowest BCUT2D eigenvalue weighted by atomic mass is 9.92. The Labute approximate surface area is 101 Å². The number of hydrogen-bond acceptors (Lipinski definition) is 3. The van der Waals surface area contributed by atoms with Gasteiger partial charge in [0.1, 0.15) is 5.75 Å². The maximum Gasteiger partial charge on any atom is 0.121 e. The van der Waals surface area contributed by atoms with Crippen LogP contribution in [0.4, 0.5) is 0 Å². The van der Waals surface area contributed by atoms with E-state index >= 15 is 0 Å². The van der Waals surface area contributed by atoms with E-state index < -0.39 is 0 Å². The van der Waals surface area contributed by atoms with Crippen LogP contribution in [-0.2, 0) is 12.2 Å². The average Bonchev–Trinajstić information content (AvgIpc) is 2.24. The minimum absolute atomic E-state index is 0.456. The minimum atomic E-state index is 0.456. The molecule has 1 N–H and O–H groups in total. The molecular weight excluding hydrogens is 224 g/mol. The minimum Gasteiger partial charge on any atom is -0.507 e. The Bertz CT molecular complexity index is 373. The smallest absolute Gasteiger partial charge is 0.121 e. The van der Waals surface area contributed by atoms with Crippen LogP contribution in [-0.4, -0.2) is 5.11 Å². The lowest BCUT2D eigenvalue weighted by molar-refractivity contribution is 0.465. The summed E-state index contributed by atoms with van der Waals surface area (Å²) in [7, 11) is 1.53. The Balaban J connectivity index is 3.47. The van der Waals surface area contributed by atoms with Crippen LogP contribution in [0.2, 0.25) is 0 Å². The van der Waals surface area contributed by atoms with Gasteiger partial charge in [-0.05, 0) is 55.0 Å². The van der Waals surface area contributed by atoms with Crippen LogP contribution in [0, 0.1) is 20.8 Å². The Hall–Kier alpha value is -0.280. The predicted octanol–water partition coefficient (Wildman–Crippen LogP) is 3.96. The summed E-state index contributed by atoms with van der Waals surface area (Å²) in [6.07, 6.45) is 0.962. The predicted molar refractivity (Wildman–Crippen MR) is 72.0 cm³/mol. The Morgan fingerprint density at radius 2 is 1.67 bits per heavy atom. The monoisotopic (exact) mass is 242 g/mol. The molecule has 0 heterocycles. The maximum absolute atomic E-state index is 9.97. The van der Waals surface area contributed by atoms with E-state index in [2.05, 4.69) is 25.5 Å². The van der Waals surface area contributed by atoms with E-state index in [1.54, 1.807) is 0 Å². The molecule has 0 aliphatic heterocycles. The summed E-state index contributed by atoms with van der Waals surface area (Å²) >= 11 is 4.21. The third kappa shape index (κ3) is 2.28. The molecule has 0 bridgehead atoms. The van der Waals surface area contributed by atoms with Crippen molar-refractivity contribution in [1.29, 1.82) is 0 Å². The van der Waals surface area contributed by atoms with Crippen molar-refractivity contribution in [3.05, 3.63) is 27.8 Å². The number of rotatable bonds is 3. The molecule has 0 spiro atoms. The van der Waals surface area contributed by atoms with Crippen molar-refractivity contribution >= 4 is 22.5 Å². The first kappa shape index (κ1) is 12.8. The van der Waals surface area contributed by atoms with Gasteiger partial charge in [0.05, 0.1) is 0 Å². The van der Waals surface area contributed by atoms with Gasteiger partial charge in [0, 0.05) is 5.75 Å². The fourth-order valence-electron chi connectivity index (χ4n) is 2.02. The third-order valence-electron chi connectivity index (χ3n) is 3.10. The standard InChI is InChI=1S/C12H18OS2/c1-5-10-9(4)12(13)8(3)7(2)11(10)6-15-14/h13-14H,5-6H2,1-4H3. The largest absolute Gasteiger partial charge is 0.507 e. The van der Waals surface area contributed by atoms with E-state index in [0.717, 1.165) is 23.3 Å². The van der Waals surface area contributed by atoms with E-state index in [-0.39, 0.29) is 0 Å². The van der Waals surface area contributed by atoms with Crippen molar-refractivity contribution in [3.8, 4) is 5.75 Å². The van der Waals surface area contributed by atoms with E-state index in [1.807, 2.05) is 13.8 Å². The van der Waals surface area contributed by atoms with Gasteiger partial charge in [-0.2, -0.15) is 0 Å². The van der Waals surface area contributed by atoms with E-state index in [4.69, 9.17) is 0 Å². The number of benzene rings is 1. The molecule has 0 saturated heterocycles. The molecule has 0 fully saturated rings. The molecule has 0 atom stereocenters. The van der Waals surface area contributed by atoms with Crippen molar-refractivity contribution in [2.45, 2.75) is 39.9 Å². The van der Waals surface area contributed by atoms with Crippen molar-refractivity contribution < 1.29 is 5.11 Å². The summed E-state index contributed by atoms with van der Waals surface area (Å²) in [5.41, 5.74) is 5.85. The van der Waals surface area contributed by atoms with Gasteiger partial charge in [-0.1, -0.05) is 17.7 Å². The van der Waals surface area contributed by atoms with Crippen LogP contribution in [0.25, 0.3) is 0 Å². The van der Waals surface area contributed by atoms with Gasteiger partial charge in [0.15, 0.2) is 0 Å². The quantitative estimate of drug-likeness (QED) is 0.618. The summed E-state index contributed by atoms with van der Waals surface area (Å²) in [6, 6.07) is 0. The molecular formula is C12H18OS2. The van der Waals surface area contributed by atoms with Gasteiger partial charge >= 0.3 is 0 Å². The van der Waals surface area contributed by atoms with Crippen LogP contribution in [0.5, 0.6) is 5.75 Å². The summed E-state index contributed by atoms with van der Waals surface area (Å²) < 4.78 is 0. The number of thiol groups is 1. The van der Waals surface area contributed by atoms with Crippen LogP contribution in [0.15, 0.2) is 0 Å². The maximum atomic E-state index is 9.97. The van der Waals surface area contributed by atoms with Gasteiger partial charge in [0.2, 0.25) is 0 Å². The van der Waals surface area contributed by atoms with E-state index in [9.17, 15) is 5.11 Å². The van der Waals surface area contributed by atoms with Crippen molar-refractivity contribution in [3.63, 3.8) is 0 Å². The molecule has 0 aliphatic rings. The van der Waals surface area contributed by atoms with E-state index in [0.29, 0.717) is 5.75 Å². The molecule has 15 heavy (non-hydrogen) atoms. The molecule has 3 heteroatoms. The van der Waals surface area contributed by atoms with Crippen LogP contribution < -0.4 is 0 Å². The highest BCUT2D eigenvalue weighted by molar-refractivity contribution is 8.68. The summed E-state index contributed by atoms with van der Waals surface area (Å²) in [5.74, 6) is 1.36. The molecule has 0 aromatic heterocycles. The normalized spacial score (nSPS) is 10.7. The molecule has 0 aliphatic carbocycles. The second kappa shape index (κ2) is 5.17. The molecule has 0 radical (unpaired) electrons. The zero-order valence-corrected chi connectivity index (χ0v) is 11.4. The second-order valence-corrected chi connectivity index (χ2v) is 5.13. The molecule has 1 rings (SSSR count). The first-order valence-electron chi connectivity index (χ1n) is 5.11. The number of phenolic OH excluding ortho intramolecular Hbond substituents is 1. The summed E-state index contributed by atoms with van der Waals surface area (Å²) in [6.45, 7) is 8.17. The summed E-state index contributed by atoms with van der Waals surface area (Å²) in [5, 5.41) is 9.97. The molecule has 0 unspecified atom stereocenters. The topological polar surface area (TPSA) is 20.2 Å². The molecule has 0 saturated carbocycles. The lowest BCUT2D eigenvalue weighted by Gasteiger charge is -2.18. The number of aromatic hydroxyl groups is 1. The zero-order chi connectivity index (χ0) is 11.6. The molecule has 0 amide bonds. The van der Waals surface area contributed by atoms with Gasteiger partial charge in [-0.15, -0.1) is 11.7 Å². The number of hydrogen-bond donors (Lipinski definition) is 2. The van der Waals surface area contributed by atoms with Gasteiger partial charge < -0.3 is 5.11 Å². The van der Waals surface area contributed by atoms with Crippen molar-refractivity contribution in [2.75, 3.05) is 0 Å². The first-order valence-corrected chi connectivity index (χ1v) is 7.15. The van der Waals surface area contributed by atoms with Gasteiger partial charge in [-0.25, -0.2) is 0 Å². The first-order chi connectivity index (χ1) is 7.04. The highest BCUT2D eigenvalue weighted by atomic mass is 33.1. The summed E-state index contributed by atoms with van der Waals surface area (Å²) in [4.78, 5) is 0. The highest BCUT2D eigenvalue weighted by Crippen LogP contribution is 2.34. The number of phenols is 1. The van der Waals surface area contributed by atoms with Gasteiger partial charge in [0.25, 0.3) is 0 Å². The Kier molecular flexibility index (Phi) is 4.41. The Morgan fingerprint density at radius 3 is 2.13 bits per heavy atom. The van der Waals surface area contributed by atoms with Crippen molar-refractivity contribution in [2.24, 2.45) is 0 Å². The highest BCUT2D eigenvalue weighted by Gasteiger charge is 2.14. The van der Waals surface area contributed by atoms with Gasteiger partial charge in [-0.3, -0.25) is 0 Å². The molecule has 1 nitrogen and oxygen atoms in total. The fraction of sp³-hybridized carbons (Fsp3) is 0.500. The average molecular weight is 242 g/mol. The zero-order valence-electron chi connectivity index (χ0n) is 9.72. The molecule has 1 aromatic carbocycles. The Morgan fingerprint density at radius 1 is 1.07 bits per heavy atom. The second-order valence-electron chi connectivity index (χ2n) is 3.81. The molecule has 84 valence electrons. The van der Waals surface area contributed by atoms with Crippen LogP contribution >= 0.6 is 22.5 Å². The SMILES string of the molecule is CCc1c(C)c(O)c(C)c(C)c1CSS. The fourth-order valence-corrected chi connectivity index (χ4v) is 2.93. The molecule has 1 aromatic rings. The van der Waals surface area contributed by atoms with Crippen molar-refractivity contribution in [1.82, 2.24) is 0 Å². The van der Waals surface area contributed by atoms with Crippen LogP contribution in [0.1, 0.15) is 34.7 Å². The third-order valence-corrected chi connectivity index (χ3v) is 3.91. The lowest BCUT2D eigenvalue weighted by Crippen LogP contribution is -2.01.